The molecule has 1 heterocycles. The minimum Gasteiger partial charge on any atom is -0.493 e. The largest absolute Gasteiger partial charge is 0.493 e. The van der Waals surface area contributed by atoms with Crippen molar-refractivity contribution in [2.45, 2.75) is 38.5 Å². The van der Waals surface area contributed by atoms with Crippen molar-refractivity contribution in [1.82, 2.24) is 10.2 Å². The highest BCUT2D eigenvalue weighted by atomic mass is 127. The van der Waals surface area contributed by atoms with Crippen molar-refractivity contribution in [2.75, 3.05) is 40.5 Å². The molecule has 1 fully saturated rings. The average Bonchev–Trinajstić information content (AvgIpc) is 2.84. The number of guanidine groups is 1. The molecule has 0 aliphatic carbocycles. The van der Waals surface area contributed by atoms with E-state index in [1.165, 1.54) is 5.56 Å². The summed E-state index contributed by atoms with van der Waals surface area (Å²) >= 11 is 0. The summed E-state index contributed by atoms with van der Waals surface area (Å²) < 4.78 is 16.6. The monoisotopic (exact) mass is 568 g/mol. The molecule has 3 rings (SSSR count). The molecule has 0 atom stereocenters. The number of likely N-dealkylation sites (tertiary alicyclic amines) is 1. The molecule has 0 amide bonds. The van der Waals surface area contributed by atoms with E-state index in [0.29, 0.717) is 30.1 Å². The Balaban J connectivity index is 0.00000385. The zero-order valence-corrected chi connectivity index (χ0v) is 22.0. The van der Waals surface area contributed by atoms with E-state index < -0.39 is 0 Å². The van der Waals surface area contributed by atoms with E-state index in [1.54, 1.807) is 14.2 Å². The second-order valence-corrected chi connectivity index (χ2v) is 8.00. The minimum atomic E-state index is 0. The van der Waals surface area contributed by atoms with Gasteiger partial charge in [-0.2, -0.15) is 0 Å². The van der Waals surface area contributed by atoms with E-state index >= 15 is 0 Å². The van der Waals surface area contributed by atoms with Crippen molar-refractivity contribution in [2.24, 2.45) is 10.7 Å². The molecule has 2 aromatic carbocycles. The van der Waals surface area contributed by atoms with Gasteiger partial charge in [0.1, 0.15) is 0 Å². The first kappa shape index (κ1) is 27.2. The van der Waals surface area contributed by atoms with Crippen LogP contribution in [0, 0.1) is 0 Å². The van der Waals surface area contributed by atoms with Gasteiger partial charge in [-0.25, -0.2) is 4.99 Å². The molecule has 1 aliphatic rings. The maximum Gasteiger partial charge on any atom is 0.188 e. The van der Waals surface area contributed by atoms with Crippen molar-refractivity contribution >= 4 is 29.9 Å². The number of aliphatic imine (C=N–C) groups is 1. The zero-order valence-electron chi connectivity index (χ0n) is 19.7. The van der Waals surface area contributed by atoms with E-state index in [-0.39, 0.29) is 24.0 Å². The summed E-state index contributed by atoms with van der Waals surface area (Å²) in [6.07, 6.45) is 3.44. The third-order valence-electron chi connectivity index (χ3n) is 5.64. The normalized spacial score (nSPS) is 15.0. The van der Waals surface area contributed by atoms with Gasteiger partial charge in [0, 0.05) is 32.8 Å². The first-order valence-corrected chi connectivity index (χ1v) is 11.3. The lowest BCUT2D eigenvalue weighted by Crippen LogP contribution is -2.37. The number of halogens is 1. The number of ether oxygens (including phenoxy) is 3. The van der Waals surface area contributed by atoms with Gasteiger partial charge in [0.2, 0.25) is 0 Å². The number of nitrogens with one attached hydrogen (secondary N) is 1. The molecular weight excluding hydrogens is 531 g/mol. The molecule has 0 aromatic heterocycles. The highest BCUT2D eigenvalue weighted by molar-refractivity contribution is 14.0. The Morgan fingerprint density at radius 2 is 1.76 bits per heavy atom. The van der Waals surface area contributed by atoms with Gasteiger partial charge in [-0.3, -0.25) is 4.90 Å². The first-order chi connectivity index (χ1) is 15.7. The van der Waals surface area contributed by atoms with Gasteiger partial charge in [0.05, 0.1) is 26.9 Å². The Hall–Kier alpha value is -2.04. The number of rotatable bonds is 11. The Bertz CT molecular complexity index is 843. The van der Waals surface area contributed by atoms with Crippen molar-refractivity contribution in [3.05, 3.63) is 59.7 Å². The lowest BCUT2D eigenvalue weighted by molar-refractivity contribution is 0.00535. The van der Waals surface area contributed by atoms with Crippen LogP contribution in [-0.2, 0) is 17.8 Å². The molecule has 8 heteroatoms. The fourth-order valence-electron chi connectivity index (χ4n) is 3.83. The standard InChI is InChI=1S/C25H36N4O3.HI/c1-30-23-10-9-21(17-24(23)31-2)18-28-25(26)27-13-6-16-32-22-11-14-29(15-12-22)19-20-7-4-3-5-8-20;/h3-5,7-10,17,22H,6,11-16,18-19H2,1-2H3,(H3,26,27,28);1H. The lowest BCUT2D eigenvalue weighted by atomic mass is 10.1. The molecule has 0 bridgehead atoms. The molecule has 0 spiro atoms. The highest BCUT2D eigenvalue weighted by Gasteiger charge is 2.19. The predicted molar refractivity (Wildman–Crippen MR) is 144 cm³/mol. The molecule has 3 N–H and O–H groups in total. The van der Waals surface area contributed by atoms with Crippen LogP contribution in [0.15, 0.2) is 53.5 Å². The smallest absolute Gasteiger partial charge is 0.188 e. The third-order valence-corrected chi connectivity index (χ3v) is 5.64. The van der Waals surface area contributed by atoms with Crippen LogP contribution < -0.4 is 20.5 Å². The van der Waals surface area contributed by atoms with Gasteiger partial charge in [-0.05, 0) is 42.5 Å². The Kier molecular flexibility index (Phi) is 12.3. The average molecular weight is 569 g/mol. The van der Waals surface area contributed by atoms with E-state index in [4.69, 9.17) is 19.9 Å². The van der Waals surface area contributed by atoms with Crippen LogP contribution in [0.1, 0.15) is 30.4 Å². The number of hydrogen-bond donors (Lipinski definition) is 2. The van der Waals surface area contributed by atoms with Crippen LogP contribution in [0.25, 0.3) is 0 Å². The number of nitrogens with two attached hydrogens (primary N) is 1. The quantitative estimate of drug-likeness (QED) is 0.186. The molecule has 33 heavy (non-hydrogen) atoms. The van der Waals surface area contributed by atoms with Gasteiger partial charge in [0.25, 0.3) is 0 Å². The Morgan fingerprint density at radius 1 is 1.03 bits per heavy atom. The van der Waals surface area contributed by atoms with Crippen LogP contribution in [0.2, 0.25) is 0 Å². The highest BCUT2D eigenvalue weighted by Crippen LogP contribution is 2.27. The number of methoxy groups -OCH3 is 2. The summed E-state index contributed by atoms with van der Waals surface area (Å²) in [6, 6.07) is 16.4. The van der Waals surface area contributed by atoms with Gasteiger partial charge in [0.15, 0.2) is 17.5 Å². The van der Waals surface area contributed by atoms with Gasteiger partial charge < -0.3 is 25.3 Å². The summed E-state index contributed by atoms with van der Waals surface area (Å²) in [6.45, 7) is 5.17. The molecule has 182 valence electrons. The van der Waals surface area contributed by atoms with Gasteiger partial charge in [-0.15, -0.1) is 24.0 Å². The third kappa shape index (κ3) is 9.38. The Labute approximate surface area is 214 Å². The van der Waals surface area contributed by atoms with E-state index in [1.807, 2.05) is 18.2 Å². The van der Waals surface area contributed by atoms with Gasteiger partial charge >= 0.3 is 0 Å². The Morgan fingerprint density at radius 3 is 2.45 bits per heavy atom. The summed E-state index contributed by atoms with van der Waals surface area (Å²) in [5.41, 5.74) is 8.38. The van der Waals surface area contributed by atoms with Crippen LogP contribution in [0.4, 0.5) is 0 Å². The molecule has 0 radical (unpaired) electrons. The fourth-order valence-corrected chi connectivity index (χ4v) is 3.83. The summed E-state index contributed by atoms with van der Waals surface area (Å²) in [4.78, 5) is 6.90. The molecule has 0 unspecified atom stereocenters. The van der Waals surface area contributed by atoms with E-state index in [0.717, 1.165) is 57.6 Å². The summed E-state index contributed by atoms with van der Waals surface area (Å²) in [5.74, 6) is 1.83. The van der Waals surface area contributed by atoms with Crippen molar-refractivity contribution in [3.8, 4) is 11.5 Å². The van der Waals surface area contributed by atoms with Crippen molar-refractivity contribution in [3.63, 3.8) is 0 Å². The maximum absolute atomic E-state index is 6.07. The van der Waals surface area contributed by atoms with Gasteiger partial charge in [-0.1, -0.05) is 36.4 Å². The van der Waals surface area contributed by atoms with Crippen molar-refractivity contribution < 1.29 is 14.2 Å². The molecule has 2 aromatic rings. The molecule has 1 saturated heterocycles. The number of benzene rings is 2. The number of hydrogen-bond acceptors (Lipinski definition) is 5. The van der Waals surface area contributed by atoms with Crippen LogP contribution >= 0.6 is 24.0 Å². The number of nitrogens with zero attached hydrogens (tertiary/aromatic N) is 2. The molecule has 0 saturated carbocycles. The summed E-state index contributed by atoms with van der Waals surface area (Å²) in [5, 5.41) is 3.16. The second kappa shape index (κ2) is 15.0. The first-order valence-electron chi connectivity index (χ1n) is 11.3. The van der Waals surface area contributed by atoms with Crippen molar-refractivity contribution in [1.29, 1.82) is 0 Å². The second-order valence-electron chi connectivity index (χ2n) is 8.00. The summed E-state index contributed by atoms with van der Waals surface area (Å²) in [7, 11) is 3.24. The van der Waals surface area contributed by atoms with Crippen LogP contribution in [0.3, 0.4) is 0 Å². The SMILES string of the molecule is COc1ccc(CN=C(N)NCCCOC2CCN(Cc3ccccc3)CC2)cc1OC.I. The van der Waals surface area contributed by atoms with E-state index in [2.05, 4.69) is 45.5 Å². The topological polar surface area (TPSA) is 81.3 Å². The number of piperidine rings is 1. The lowest BCUT2D eigenvalue weighted by Gasteiger charge is -2.32. The predicted octanol–water partition coefficient (Wildman–Crippen LogP) is 3.80. The zero-order chi connectivity index (χ0) is 22.6. The molecular formula is C25H37IN4O3. The maximum atomic E-state index is 6.07. The van der Waals surface area contributed by atoms with Crippen LogP contribution in [0.5, 0.6) is 11.5 Å². The minimum absolute atomic E-state index is 0. The van der Waals surface area contributed by atoms with Crippen LogP contribution in [-0.4, -0.2) is 57.4 Å². The van der Waals surface area contributed by atoms with E-state index in [9.17, 15) is 0 Å². The molecule has 7 nitrogen and oxygen atoms in total. The molecule has 1 aliphatic heterocycles. The fraction of sp³-hybridized carbons (Fsp3) is 0.480.